The first kappa shape index (κ1) is 14.6. The van der Waals surface area contributed by atoms with Crippen LogP contribution in [0.25, 0.3) is 0 Å². The van der Waals surface area contributed by atoms with Gasteiger partial charge in [0.1, 0.15) is 11.6 Å². The molecule has 0 aliphatic carbocycles. The second kappa shape index (κ2) is 5.70. The van der Waals surface area contributed by atoms with Crippen LogP contribution in [0.3, 0.4) is 0 Å². The van der Waals surface area contributed by atoms with E-state index in [0.717, 1.165) is 12.1 Å². The van der Waals surface area contributed by atoms with E-state index in [2.05, 4.69) is 10.3 Å². The second-order valence-corrected chi connectivity index (χ2v) is 4.35. The van der Waals surface area contributed by atoms with Gasteiger partial charge in [-0.1, -0.05) is 0 Å². The van der Waals surface area contributed by atoms with Gasteiger partial charge in [-0.05, 0) is 19.9 Å². The Morgan fingerprint density at radius 1 is 1.48 bits per heavy atom. The fourth-order valence-electron chi connectivity index (χ4n) is 1.67. The first-order chi connectivity index (χ1) is 9.88. The number of hydrogen-bond donors (Lipinski definition) is 1. The normalized spacial score (nSPS) is 10.4. The molecule has 0 radical (unpaired) electrons. The molecule has 0 unspecified atom stereocenters. The summed E-state index contributed by atoms with van der Waals surface area (Å²) in [6.45, 7) is 3.51. The molecule has 8 heteroatoms. The van der Waals surface area contributed by atoms with Gasteiger partial charge in [-0.2, -0.15) is 0 Å². The van der Waals surface area contributed by atoms with Gasteiger partial charge in [0.05, 0.1) is 28.8 Å². The number of aromatic nitrogens is 1. The summed E-state index contributed by atoms with van der Waals surface area (Å²) in [6.07, 6.45) is 0. The number of rotatable bonds is 4. The monoisotopic (exact) mass is 293 g/mol. The Balaban J connectivity index is 2.08. The smallest absolute Gasteiger partial charge is 0.272 e. The number of nitro groups is 1. The van der Waals surface area contributed by atoms with Gasteiger partial charge in [0.25, 0.3) is 11.6 Å². The summed E-state index contributed by atoms with van der Waals surface area (Å²) >= 11 is 0. The summed E-state index contributed by atoms with van der Waals surface area (Å²) in [4.78, 5) is 25.7. The van der Waals surface area contributed by atoms with Gasteiger partial charge >= 0.3 is 0 Å². The van der Waals surface area contributed by atoms with E-state index >= 15 is 0 Å². The molecule has 21 heavy (non-hydrogen) atoms. The zero-order valence-corrected chi connectivity index (χ0v) is 11.3. The van der Waals surface area contributed by atoms with Crippen LogP contribution in [0.2, 0.25) is 0 Å². The molecule has 0 bridgehead atoms. The summed E-state index contributed by atoms with van der Waals surface area (Å²) in [7, 11) is 0. The summed E-state index contributed by atoms with van der Waals surface area (Å²) < 4.78 is 18.9. The third-order valence-electron chi connectivity index (χ3n) is 2.88. The average molecular weight is 293 g/mol. The molecule has 1 aromatic heterocycles. The van der Waals surface area contributed by atoms with Crippen molar-refractivity contribution in [2.75, 3.05) is 0 Å². The Bertz CT molecular complexity index is 692. The van der Waals surface area contributed by atoms with Crippen LogP contribution < -0.4 is 5.32 Å². The molecule has 0 saturated heterocycles. The van der Waals surface area contributed by atoms with Crippen molar-refractivity contribution in [1.29, 1.82) is 0 Å². The minimum atomic E-state index is -0.957. The van der Waals surface area contributed by atoms with Gasteiger partial charge in [-0.3, -0.25) is 14.9 Å². The number of nitrogens with one attached hydrogen (secondary N) is 1. The molecule has 110 valence electrons. The molecule has 0 spiro atoms. The van der Waals surface area contributed by atoms with Gasteiger partial charge in [-0.15, -0.1) is 0 Å². The topological polar surface area (TPSA) is 98.3 Å². The summed E-state index contributed by atoms with van der Waals surface area (Å²) in [5, 5.41) is 12.9. The number of aryl methyl sites for hydroxylation is 2. The lowest BCUT2D eigenvalue weighted by molar-refractivity contribution is -0.385. The van der Waals surface area contributed by atoms with E-state index in [1.807, 2.05) is 0 Å². The van der Waals surface area contributed by atoms with Crippen LogP contribution in [-0.2, 0) is 6.54 Å². The van der Waals surface area contributed by atoms with E-state index in [-0.39, 0.29) is 12.1 Å². The quantitative estimate of drug-likeness (QED) is 0.688. The number of hydrogen-bond acceptors (Lipinski definition) is 5. The molecular formula is C13H12FN3O4. The Kier molecular flexibility index (Phi) is 3.97. The van der Waals surface area contributed by atoms with Crippen molar-refractivity contribution >= 4 is 11.6 Å². The first-order valence-electron chi connectivity index (χ1n) is 6.03. The fourth-order valence-corrected chi connectivity index (χ4v) is 1.67. The third-order valence-corrected chi connectivity index (χ3v) is 2.88. The van der Waals surface area contributed by atoms with Crippen LogP contribution in [0.4, 0.5) is 10.1 Å². The number of nitrogens with zero attached hydrogens (tertiary/aromatic N) is 2. The number of nitro benzene ring substituents is 1. The van der Waals surface area contributed by atoms with Crippen LogP contribution in [0, 0.1) is 29.8 Å². The average Bonchev–Trinajstić information content (AvgIpc) is 2.75. The highest BCUT2D eigenvalue weighted by molar-refractivity contribution is 5.94. The van der Waals surface area contributed by atoms with Crippen molar-refractivity contribution in [3.05, 3.63) is 57.0 Å². The lowest BCUT2D eigenvalue weighted by Crippen LogP contribution is -2.24. The maximum Gasteiger partial charge on any atom is 0.272 e. The maximum atomic E-state index is 13.7. The zero-order chi connectivity index (χ0) is 15.6. The number of amides is 1. The molecule has 0 saturated carbocycles. The fraction of sp³-hybridized carbons (Fsp3) is 0.231. The van der Waals surface area contributed by atoms with Crippen molar-refractivity contribution in [3.8, 4) is 0 Å². The predicted molar refractivity (Wildman–Crippen MR) is 70.2 cm³/mol. The van der Waals surface area contributed by atoms with Crippen LogP contribution in [0.1, 0.15) is 27.7 Å². The molecular weight excluding hydrogens is 281 g/mol. The highest BCUT2D eigenvalue weighted by Gasteiger charge is 2.16. The molecule has 1 heterocycles. The van der Waals surface area contributed by atoms with Crippen molar-refractivity contribution in [3.63, 3.8) is 0 Å². The van der Waals surface area contributed by atoms with Crippen molar-refractivity contribution in [2.45, 2.75) is 20.4 Å². The zero-order valence-electron chi connectivity index (χ0n) is 11.3. The highest BCUT2D eigenvalue weighted by atomic mass is 19.1. The molecule has 0 aliphatic heterocycles. The van der Waals surface area contributed by atoms with E-state index < -0.39 is 22.3 Å². The Hall–Kier alpha value is -2.77. The molecule has 0 aliphatic rings. The van der Waals surface area contributed by atoms with Crippen LogP contribution in [-0.4, -0.2) is 15.8 Å². The Morgan fingerprint density at radius 3 is 2.71 bits per heavy atom. The van der Waals surface area contributed by atoms with Crippen LogP contribution in [0.5, 0.6) is 0 Å². The van der Waals surface area contributed by atoms with E-state index in [0.29, 0.717) is 23.4 Å². The Morgan fingerprint density at radius 2 is 2.19 bits per heavy atom. The molecule has 1 aromatic carbocycles. The SMILES string of the molecule is Cc1nc(CNC(=O)c2ccc([N+](=O)[O-])cc2F)oc1C. The standard InChI is InChI=1S/C13H12FN3O4/c1-7-8(2)21-12(16-7)6-15-13(18)10-4-3-9(17(19)20)5-11(10)14/h3-5H,6H2,1-2H3,(H,15,18). The lowest BCUT2D eigenvalue weighted by atomic mass is 10.2. The number of carbonyl (C=O) groups is 1. The van der Waals surface area contributed by atoms with Gasteiger partial charge in [-0.25, -0.2) is 9.37 Å². The summed E-state index contributed by atoms with van der Waals surface area (Å²) in [5.41, 5.74) is 0.0179. The molecule has 1 N–H and O–H groups in total. The van der Waals surface area contributed by atoms with Gasteiger partial charge in [0, 0.05) is 6.07 Å². The highest BCUT2D eigenvalue weighted by Crippen LogP contribution is 2.16. The molecule has 0 fully saturated rings. The second-order valence-electron chi connectivity index (χ2n) is 4.35. The predicted octanol–water partition coefficient (Wildman–Crippen LogP) is 2.27. The van der Waals surface area contributed by atoms with Gasteiger partial charge in [0.2, 0.25) is 5.89 Å². The number of carbonyl (C=O) groups excluding carboxylic acids is 1. The van der Waals surface area contributed by atoms with Crippen molar-refractivity contribution < 1.29 is 18.5 Å². The van der Waals surface area contributed by atoms with E-state index in [1.165, 1.54) is 0 Å². The first-order valence-corrected chi connectivity index (χ1v) is 6.03. The lowest BCUT2D eigenvalue weighted by Gasteiger charge is -2.04. The van der Waals surface area contributed by atoms with Crippen molar-refractivity contribution in [2.24, 2.45) is 0 Å². The number of benzene rings is 1. The minimum absolute atomic E-state index is 0.00391. The number of oxazole rings is 1. The molecule has 7 nitrogen and oxygen atoms in total. The van der Waals surface area contributed by atoms with Gasteiger partial charge in [0.15, 0.2) is 0 Å². The van der Waals surface area contributed by atoms with Crippen molar-refractivity contribution in [1.82, 2.24) is 10.3 Å². The van der Waals surface area contributed by atoms with Crippen LogP contribution >= 0.6 is 0 Å². The van der Waals surface area contributed by atoms with Crippen LogP contribution in [0.15, 0.2) is 22.6 Å². The summed E-state index contributed by atoms with van der Waals surface area (Å²) in [5.74, 6) is -0.709. The summed E-state index contributed by atoms with van der Waals surface area (Å²) in [6, 6.07) is 2.83. The molecule has 2 rings (SSSR count). The van der Waals surface area contributed by atoms with E-state index in [1.54, 1.807) is 13.8 Å². The van der Waals surface area contributed by atoms with E-state index in [4.69, 9.17) is 4.42 Å². The molecule has 0 atom stereocenters. The third kappa shape index (κ3) is 3.22. The minimum Gasteiger partial charge on any atom is -0.444 e. The Labute approximate surface area is 118 Å². The maximum absolute atomic E-state index is 13.7. The number of halogens is 1. The van der Waals surface area contributed by atoms with Gasteiger partial charge < -0.3 is 9.73 Å². The number of non-ortho nitro benzene ring substituents is 1. The molecule has 2 aromatic rings. The largest absolute Gasteiger partial charge is 0.444 e. The van der Waals surface area contributed by atoms with E-state index in [9.17, 15) is 19.3 Å². The molecule has 1 amide bonds.